The lowest BCUT2D eigenvalue weighted by molar-refractivity contribution is -0.154. The summed E-state index contributed by atoms with van der Waals surface area (Å²) in [5.74, 6) is -0.268. The fraction of sp³-hybridized carbons (Fsp3) is 0.500. The molecule has 0 bridgehead atoms. The number of hydrogen-bond donors (Lipinski definition) is 4. The van der Waals surface area contributed by atoms with Gasteiger partial charge in [0, 0.05) is 24.8 Å². The number of nitrogens with one attached hydrogen (secondary N) is 3. The van der Waals surface area contributed by atoms with Gasteiger partial charge in [-0.1, -0.05) is 0 Å². The molecule has 2 heterocycles. The third-order valence-corrected chi connectivity index (χ3v) is 4.10. The number of pyridine rings is 1. The van der Waals surface area contributed by atoms with Crippen LogP contribution < -0.4 is 20.7 Å². The van der Waals surface area contributed by atoms with Gasteiger partial charge in [-0.15, -0.1) is 0 Å². The third-order valence-electron chi connectivity index (χ3n) is 4.10. The van der Waals surface area contributed by atoms with Crippen molar-refractivity contribution in [2.45, 2.75) is 51.6 Å². The van der Waals surface area contributed by atoms with Crippen LogP contribution in [0.5, 0.6) is 5.88 Å². The number of carbonyl (C=O) groups excluding carboxylic acids is 1. The van der Waals surface area contributed by atoms with E-state index >= 15 is 0 Å². The molecule has 1 aromatic heterocycles. The minimum atomic E-state index is -4.42. The normalized spacial score (nSPS) is 16.5. The molecule has 0 spiro atoms. The molecule has 0 aromatic carbocycles. The number of rotatable bonds is 10. The van der Waals surface area contributed by atoms with Crippen molar-refractivity contribution in [2.24, 2.45) is 0 Å². The number of alkyl halides is 3. The van der Waals surface area contributed by atoms with Gasteiger partial charge in [0.05, 0.1) is 18.1 Å². The van der Waals surface area contributed by atoms with Gasteiger partial charge in [-0.25, -0.2) is 4.98 Å². The van der Waals surface area contributed by atoms with Gasteiger partial charge in [0.2, 0.25) is 11.8 Å². The van der Waals surface area contributed by atoms with E-state index in [4.69, 9.17) is 4.74 Å². The van der Waals surface area contributed by atoms with Gasteiger partial charge >= 0.3 is 6.18 Å². The van der Waals surface area contributed by atoms with Gasteiger partial charge in [0.25, 0.3) is 0 Å². The molecule has 1 unspecified atom stereocenters. The molecule has 1 aliphatic rings. The maximum absolute atomic E-state index is 12.3. The van der Waals surface area contributed by atoms with E-state index in [0.29, 0.717) is 12.1 Å². The molecule has 0 saturated heterocycles. The predicted octanol–water partition coefficient (Wildman–Crippen LogP) is 2.07. The van der Waals surface area contributed by atoms with Crippen LogP contribution in [0.1, 0.15) is 31.4 Å². The lowest BCUT2D eigenvalue weighted by Crippen LogP contribution is -2.40. The number of ether oxygens (including phenoxy) is 1. The average Bonchev–Trinajstić information content (AvgIpc) is 2.56. The number of amides is 1. The van der Waals surface area contributed by atoms with Crippen molar-refractivity contribution < 1.29 is 27.8 Å². The van der Waals surface area contributed by atoms with E-state index in [-0.39, 0.29) is 30.8 Å². The smallest absolute Gasteiger partial charge is 0.422 e. The van der Waals surface area contributed by atoms with E-state index in [2.05, 4.69) is 20.9 Å². The van der Waals surface area contributed by atoms with Crippen LogP contribution >= 0.6 is 0 Å². The first-order valence-electron chi connectivity index (χ1n) is 9.42. The molecule has 4 N–H and O–H groups in total. The van der Waals surface area contributed by atoms with Crippen LogP contribution in [0.4, 0.5) is 13.2 Å². The lowest BCUT2D eigenvalue weighted by atomic mass is 10.0. The molecule has 10 heteroatoms. The standard InChI is InChI=1S/C20H27F3N4O3/c1-13-6-14(9-26-18(13)30-12-20(21,22)23)8-24-10-15(16-4-5-25-16)7-17(28)27-11-19(2,3)29/h4-6,9-10,16,24-25,29H,7-8,11-12H2,1-3H3,(H,27,28)/b15-10-. The number of hydrogen-bond acceptors (Lipinski definition) is 6. The van der Waals surface area contributed by atoms with Gasteiger partial charge in [-0.3, -0.25) is 4.79 Å². The Balaban J connectivity index is 1.92. The minimum absolute atomic E-state index is 0.0559. The van der Waals surface area contributed by atoms with Crippen molar-refractivity contribution in [1.29, 1.82) is 0 Å². The van der Waals surface area contributed by atoms with Crippen LogP contribution in [0, 0.1) is 6.92 Å². The van der Waals surface area contributed by atoms with Gasteiger partial charge in [0.1, 0.15) is 0 Å². The number of halogens is 3. The second-order valence-corrected chi connectivity index (χ2v) is 7.74. The van der Waals surface area contributed by atoms with Crippen molar-refractivity contribution in [3.63, 3.8) is 0 Å². The van der Waals surface area contributed by atoms with E-state index in [1.807, 2.05) is 6.08 Å². The topological polar surface area (TPSA) is 95.5 Å². The molecule has 1 aromatic rings. The van der Waals surface area contributed by atoms with E-state index in [9.17, 15) is 23.1 Å². The Morgan fingerprint density at radius 2 is 2.10 bits per heavy atom. The number of aryl methyl sites for hydroxylation is 1. The molecule has 1 amide bonds. The SMILES string of the molecule is Cc1cc(CN/C=C(/CC(=O)NCC(C)(C)O)C2C=CN2)cnc1OCC(F)(F)F. The number of nitrogens with zero attached hydrogens (tertiary/aromatic N) is 1. The first-order chi connectivity index (χ1) is 13.9. The zero-order valence-corrected chi connectivity index (χ0v) is 17.1. The highest BCUT2D eigenvalue weighted by Crippen LogP contribution is 2.20. The summed E-state index contributed by atoms with van der Waals surface area (Å²) in [4.78, 5) is 16.1. The highest BCUT2D eigenvalue weighted by molar-refractivity contribution is 5.79. The first-order valence-corrected chi connectivity index (χ1v) is 9.42. The molecule has 2 rings (SSSR count). The number of carbonyl (C=O) groups is 1. The van der Waals surface area contributed by atoms with Crippen molar-refractivity contribution >= 4 is 5.91 Å². The largest absolute Gasteiger partial charge is 0.468 e. The number of aromatic nitrogens is 1. The minimum Gasteiger partial charge on any atom is -0.468 e. The molecule has 30 heavy (non-hydrogen) atoms. The first kappa shape index (κ1) is 23.5. The summed E-state index contributed by atoms with van der Waals surface area (Å²) < 4.78 is 41.5. The Morgan fingerprint density at radius 3 is 2.63 bits per heavy atom. The average molecular weight is 428 g/mol. The molecular weight excluding hydrogens is 401 g/mol. The van der Waals surface area contributed by atoms with Crippen LogP contribution in [0.15, 0.2) is 36.3 Å². The number of aliphatic hydroxyl groups is 1. The van der Waals surface area contributed by atoms with Crippen molar-refractivity contribution in [1.82, 2.24) is 20.9 Å². The highest BCUT2D eigenvalue weighted by Gasteiger charge is 2.29. The second-order valence-electron chi connectivity index (χ2n) is 7.74. The fourth-order valence-corrected chi connectivity index (χ4v) is 2.56. The summed E-state index contributed by atoms with van der Waals surface area (Å²) in [6, 6.07) is 1.62. The Hall–Kier alpha value is -2.75. The Bertz CT molecular complexity index is 801. The summed E-state index contributed by atoms with van der Waals surface area (Å²) in [5.41, 5.74) is 1.07. The maximum Gasteiger partial charge on any atom is 0.422 e. The monoisotopic (exact) mass is 428 g/mol. The van der Waals surface area contributed by atoms with Gasteiger partial charge < -0.3 is 25.8 Å². The van der Waals surface area contributed by atoms with Crippen molar-refractivity contribution in [3.8, 4) is 5.88 Å². The van der Waals surface area contributed by atoms with Gasteiger partial charge in [-0.2, -0.15) is 13.2 Å². The fourth-order valence-electron chi connectivity index (χ4n) is 2.56. The van der Waals surface area contributed by atoms with Crippen LogP contribution in [0.3, 0.4) is 0 Å². The van der Waals surface area contributed by atoms with Gasteiger partial charge in [0.15, 0.2) is 6.61 Å². The summed E-state index contributed by atoms with van der Waals surface area (Å²) in [6.45, 7) is 3.98. The van der Waals surface area contributed by atoms with Crippen LogP contribution in [0.2, 0.25) is 0 Å². The van der Waals surface area contributed by atoms with Crippen molar-refractivity contribution in [2.75, 3.05) is 13.2 Å². The Labute approximate surface area is 173 Å². The zero-order valence-electron chi connectivity index (χ0n) is 17.1. The van der Waals surface area contributed by atoms with Crippen LogP contribution in [-0.4, -0.2) is 47.0 Å². The molecule has 7 nitrogen and oxygen atoms in total. The van der Waals surface area contributed by atoms with Crippen molar-refractivity contribution in [3.05, 3.63) is 47.4 Å². The summed E-state index contributed by atoms with van der Waals surface area (Å²) in [7, 11) is 0. The van der Waals surface area contributed by atoms with Gasteiger partial charge in [-0.05, 0) is 56.5 Å². The van der Waals surface area contributed by atoms with E-state index in [0.717, 1.165) is 11.1 Å². The molecule has 0 radical (unpaired) electrons. The zero-order chi connectivity index (χ0) is 22.4. The van der Waals surface area contributed by atoms with Crippen LogP contribution in [0.25, 0.3) is 0 Å². The summed E-state index contributed by atoms with van der Waals surface area (Å²) in [6.07, 6.45) is 2.59. The molecule has 1 atom stereocenters. The lowest BCUT2D eigenvalue weighted by Gasteiger charge is -2.24. The molecule has 166 valence electrons. The highest BCUT2D eigenvalue weighted by atomic mass is 19.4. The Kier molecular flexibility index (Phi) is 7.71. The van der Waals surface area contributed by atoms with Crippen LogP contribution in [-0.2, 0) is 11.3 Å². The summed E-state index contributed by atoms with van der Waals surface area (Å²) in [5, 5.41) is 18.6. The van der Waals surface area contributed by atoms with E-state index in [1.165, 1.54) is 6.20 Å². The predicted molar refractivity (Wildman–Crippen MR) is 105 cm³/mol. The van der Waals surface area contributed by atoms with E-state index < -0.39 is 18.4 Å². The molecule has 0 fully saturated rings. The second kappa shape index (κ2) is 9.84. The summed E-state index contributed by atoms with van der Waals surface area (Å²) >= 11 is 0. The quantitative estimate of drug-likeness (QED) is 0.456. The Morgan fingerprint density at radius 1 is 1.40 bits per heavy atom. The molecular formula is C20H27F3N4O3. The molecule has 0 saturated carbocycles. The molecule has 0 aliphatic carbocycles. The van der Waals surface area contributed by atoms with E-state index in [1.54, 1.807) is 39.2 Å². The maximum atomic E-state index is 12.3. The molecule has 1 aliphatic heterocycles. The third kappa shape index (κ3) is 8.32.